The molecular formula is C13H15N3O3. The highest BCUT2D eigenvalue weighted by Crippen LogP contribution is 2.33. The minimum absolute atomic E-state index is 0.0292. The molecule has 2 N–H and O–H groups in total. The molecule has 6 nitrogen and oxygen atoms in total. The molecule has 0 aliphatic rings. The van der Waals surface area contributed by atoms with Crippen LogP contribution in [0.1, 0.15) is 17.9 Å². The summed E-state index contributed by atoms with van der Waals surface area (Å²) in [5, 5.41) is 11.1. The van der Waals surface area contributed by atoms with Gasteiger partial charge >= 0.3 is 0 Å². The summed E-state index contributed by atoms with van der Waals surface area (Å²) in [5.74, 6) is 0.981. The maximum atomic E-state index is 11.1. The molecular weight excluding hydrogens is 246 g/mol. The molecule has 0 spiro atoms. The average molecular weight is 261 g/mol. The van der Waals surface area contributed by atoms with Gasteiger partial charge in [-0.3, -0.25) is 10.1 Å². The number of benzene rings is 1. The molecule has 2 rings (SSSR count). The van der Waals surface area contributed by atoms with Crippen LogP contribution in [0.3, 0.4) is 0 Å². The van der Waals surface area contributed by atoms with Crippen LogP contribution in [-0.4, -0.2) is 16.5 Å². The Morgan fingerprint density at radius 3 is 2.95 bits per heavy atom. The number of nitro benzene ring substituents is 1. The van der Waals surface area contributed by atoms with Crippen molar-refractivity contribution in [2.75, 3.05) is 6.54 Å². The minimum atomic E-state index is -0.412. The summed E-state index contributed by atoms with van der Waals surface area (Å²) in [4.78, 5) is 14.8. The number of nitrogens with zero attached hydrogens (tertiary/aromatic N) is 2. The van der Waals surface area contributed by atoms with Crippen LogP contribution in [0, 0.1) is 17.0 Å². The third-order valence-corrected chi connectivity index (χ3v) is 2.84. The summed E-state index contributed by atoms with van der Waals surface area (Å²) in [5.41, 5.74) is 6.73. The summed E-state index contributed by atoms with van der Waals surface area (Å²) < 4.78 is 5.57. The maximum Gasteiger partial charge on any atom is 0.280 e. The molecule has 1 aromatic heterocycles. The van der Waals surface area contributed by atoms with Crippen LogP contribution in [0.25, 0.3) is 11.3 Å². The number of aromatic nitrogens is 1. The Morgan fingerprint density at radius 2 is 2.26 bits per heavy atom. The maximum absolute atomic E-state index is 11.1. The zero-order valence-corrected chi connectivity index (χ0v) is 10.6. The van der Waals surface area contributed by atoms with Crippen LogP contribution in [0.4, 0.5) is 5.69 Å². The van der Waals surface area contributed by atoms with Gasteiger partial charge in [-0.2, -0.15) is 0 Å². The second-order valence-electron chi connectivity index (χ2n) is 4.24. The first-order valence-corrected chi connectivity index (χ1v) is 6.02. The summed E-state index contributed by atoms with van der Waals surface area (Å²) in [6.45, 7) is 2.37. The number of hydrogen-bond donors (Lipinski definition) is 1. The monoisotopic (exact) mass is 261 g/mol. The van der Waals surface area contributed by atoms with Gasteiger partial charge < -0.3 is 10.2 Å². The van der Waals surface area contributed by atoms with Crippen molar-refractivity contribution >= 4 is 5.69 Å². The van der Waals surface area contributed by atoms with Crippen molar-refractivity contribution in [3.05, 3.63) is 46.0 Å². The van der Waals surface area contributed by atoms with Crippen LogP contribution < -0.4 is 5.73 Å². The van der Waals surface area contributed by atoms with E-state index in [9.17, 15) is 10.1 Å². The predicted molar refractivity (Wildman–Crippen MR) is 70.7 cm³/mol. The lowest BCUT2D eigenvalue weighted by Gasteiger charge is -2.02. The van der Waals surface area contributed by atoms with Crippen LogP contribution in [0.15, 0.2) is 28.8 Å². The molecule has 1 aromatic carbocycles. The standard InChI is InChI=1S/C13H15N3O3/c1-9-4-2-5-10(16(17)18)13(9)11-8-15-12(19-11)6-3-7-14/h2,4-5,8H,3,6-7,14H2,1H3. The van der Waals surface area contributed by atoms with Crippen molar-refractivity contribution in [2.24, 2.45) is 5.73 Å². The molecule has 100 valence electrons. The topological polar surface area (TPSA) is 95.2 Å². The van der Waals surface area contributed by atoms with Crippen LogP contribution in [0.5, 0.6) is 0 Å². The van der Waals surface area contributed by atoms with Gasteiger partial charge in [0.05, 0.1) is 16.7 Å². The lowest BCUT2D eigenvalue weighted by Crippen LogP contribution is -2.00. The highest BCUT2D eigenvalue weighted by molar-refractivity contribution is 5.72. The van der Waals surface area contributed by atoms with E-state index in [1.807, 2.05) is 13.0 Å². The molecule has 0 atom stereocenters. The van der Waals surface area contributed by atoms with E-state index in [2.05, 4.69) is 4.98 Å². The zero-order chi connectivity index (χ0) is 13.8. The molecule has 1 heterocycles. The fraction of sp³-hybridized carbons (Fsp3) is 0.308. The Labute approximate surface area is 110 Å². The first kappa shape index (κ1) is 13.2. The van der Waals surface area contributed by atoms with E-state index < -0.39 is 4.92 Å². The SMILES string of the molecule is Cc1cccc([N+](=O)[O-])c1-c1cnc(CCCN)o1. The fourth-order valence-corrected chi connectivity index (χ4v) is 1.92. The zero-order valence-electron chi connectivity index (χ0n) is 10.6. The van der Waals surface area contributed by atoms with Crippen LogP contribution >= 0.6 is 0 Å². The quantitative estimate of drug-likeness (QED) is 0.658. The van der Waals surface area contributed by atoms with Gasteiger partial charge in [-0.25, -0.2) is 4.98 Å². The number of rotatable bonds is 5. The molecule has 0 amide bonds. The number of nitrogens with two attached hydrogens (primary N) is 1. The van der Waals surface area contributed by atoms with Gasteiger partial charge in [0, 0.05) is 12.5 Å². The van der Waals surface area contributed by atoms with Crippen molar-refractivity contribution in [3.63, 3.8) is 0 Å². The molecule has 0 radical (unpaired) electrons. The summed E-state index contributed by atoms with van der Waals surface area (Å²) in [6, 6.07) is 4.93. The van der Waals surface area contributed by atoms with E-state index in [0.717, 1.165) is 12.0 Å². The fourth-order valence-electron chi connectivity index (χ4n) is 1.92. The highest BCUT2D eigenvalue weighted by atomic mass is 16.6. The van der Waals surface area contributed by atoms with Gasteiger partial charge in [0.1, 0.15) is 0 Å². The number of oxazole rings is 1. The average Bonchev–Trinajstić information content (AvgIpc) is 2.84. The van der Waals surface area contributed by atoms with Gasteiger partial charge in [-0.05, 0) is 25.5 Å². The molecule has 0 unspecified atom stereocenters. The van der Waals surface area contributed by atoms with E-state index in [1.165, 1.54) is 12.3 Å². The van der Waals surface area contributed by atoms with E-state index in [-0.39, 0.29) is 5.69 Å². The molecule has 0 saturated heterocycles. The van der Waals surface area contributed by atoms with Crippen molar-refractivity contribution in [3.8, 4) is 11.3 Å². The first-order valence-electron chi connectivity index (χ1n) is 6.02. The Hall–Kier alpha value is -2.21. The number of hydrogen-bond acceptors (Lipinski definition) is 5. The molecule has 0 fully saturated rings. The van der Waals surface area contributed by atoms with Crippen molar-refractivity contribution in [1.82, 2.24) is 4.98 Å². The molecule has 0 aliphatic carbocycles. The van der Waals surface area contributed by atoms with Crippen molar-refractivity contribution in [2.45, 2.75) is 19.8 Å². The lowest BCUT2D eigenvalue weighted by atomic mass is 10.1. The van der Waals surface area contributed by atoms with E-state index in [1.54, 1.807) is 6.07 Å². The number of nitro groups is 1. The molecule has 2 aromatic rings. The summed E-state index contributed by atoms with van der Waals surface area (Å²) in [6.07, 6.45) is 2.94. The second kappa shape index (κ2) is 5.62. The van der Waals surface area contributed by atoms with E-state index >= 15 is 0 Å². The van der Waals surface area contributed by atoms with Gasteiger partial charge in [-0.15, -0.1) is 0 Å². The Morgan fingerprint density at radius 1 is 1.47 bits per heavy atom. The predicted octanol–water partition coefficient (Wildman–Crippen LogP) is 2.45. The van der Waals surface area contributed by atoms with E-state index in [0.29, 0.717) is 30.2 Å². The minimum Gasteiger partial charge on any atom is -0.440 e. The van der Waals surface area contributed by atoms with Gasteiger partial charge in [0.25, 0.3) is 5.69 Å². The van der Waals surface area contributed by atoms with Crippen molar-refractivity contribution < 1.29 is 9.34 Å². The van der Waals surface area contributed by atoms with Crippen molar-refractivity contribution in [1.29, 1.82) is 0 Å². The molecule has 0 bridgehead atoms. The third-order valence-electron chi connectivity index (χ3n) is 2.84. The van der Waals surface area contributed by atoms with Crippen LogP contribution in [-0.2, 0) is 6.42 Å². The third kappa shape index (κ3) is 2.79. The molecule has 0 aliphatic heterocycles. The molecule has 0 saturated carbocycles. The Kier molecular flexibility index (Phi) is 3.91. The Bertz CT molecular complexity index is 593. The van der Waals surface area contributed by atoms with Crippen LogP contribution in [0.2, 0.25) is 0 Å². The Balaban J connectivity index is 2.41. The highest BCUT2D eigenvalue weighted by Gasteiger charge is 2.20. The first-order chi connectivity index (χ1) is 9.13. The van der Waals surface area contributed by atoms with Gasteiger partial charge in [0.15, 0.2) is 11.7 Å². The van der Waals surface area contributed by atoms with Gasteiger partial charge in [0.2, 0.25) is 0 Å². The van der Waals surface area contributed by atoms with Gasteiger partial charge in [-0.1, -0.05) is 12.1 Å². The largest absolute Gasteiger partial charge is 0.440 e. The lowest BCUT2D eigenvalue weighted by molar-refractivity contribution is -0.384. The number of aryl methyl sites for hydroxylation is 2. The normalized spacial score (nSPS) is 10.6. The summed E-state index contributed by atoms with van der Waals surface area (Å²) in [7, 11) is 0. The molecule has 19 heavy (non-hydrogen) atoms. The second-order valence-corrected chi connectivity index (χ2v) is 4.24. The smallest absolute Gasteiger partial charge is 0.280 e. The molecule has 6 heteroatoms. The summed E-state index contributed by atoms with van der Waals surface area (Å²) >= 11 is 0. The van der Waals surface area contributed by atoms with E-state index in [4.69, 9.17) is 10.2 Å².